The van der Waals surface area contributed by atoms with E-state index in [4.69, 9.17) is 4.74 Å². The van der Waals surface area contributed by atoms with Gasteiger partial charge in [0.2, 0.25) is 0 Å². The summed E-state index contributed by atoms with van der Waals surface area (Å²) in [5, 5.41) is 5.81. The van der Waals surface area contributed by atoms with E-state index in [2.05, 4.69) is 21.8 Å². The molecule has 0 spiro atoms. The van der Waals surface area contributed by atoms with E-state index in [9.17, 15) is 9.59 Å². The topological polar surface area (TPSA) is 70.7 Å². The Hall–Kier alpha value is -2.35. The molecule has 1 aliphatic rings. The van der Waals surface area contributed by atoms with E-state index in [0.717, 1.165) is 38.6 Å². The zero-order valence-electron chi connectivity index (χ0n) is 16.6. The molecule has 0 bridgehead atoms. The van der Waals surface area contributed by atoms with Crippen molar-refractivity contribution in [2.75, 3.05) is 51.0 Å². The molecule has 1 aliphatic heterocycles. The zero-order valence-corrected chi connectivity index (χ0v) is 17.5. The maximum absolute atomic E-state index is 12.4. The highest BCUT2D eigenvalue weighted by atomic mass is 32.2. The van der Waals surface area contributed by atoms with E-state index < -0.39 is 0 Å². The van der Waals surface area contributed by atoms with Gasteiger partial charge in [-0.3, -0.25) is 14.5 Å². The molecular formula is C22H27N3O3S. The van der Waals surface area contributed by atoms with Gasteiger partial charge < -0.3 is 15.4 Å². The molecule has 154 valence electrons. The SMILES string of the molecule is CSCc1ccc(C(=O)Nc2ccc(C(=O)NCCN3CCOCC3)cc2)cc1. The highest BCUT2D eigenvalue weighted by molar-refractivity contribution is 7.97. The maximum Gasteiger partial charge on any atom is 0.255 e. The molecule has 2 amide bonds. The Morgan fingerprint density at radius 2 is 1.59 bits per heavy atom. The molecule has 0 aromatic heterocycles. The summed E-state index contributed by atoms with van der Waals surface area (Å²) in [5.41, 5.74) is 3.04. The summed E-state index contributed by atoms with van der Waals surface area (Å²) in [6.45, 7) is 4.74. The van der Waals surface area contributed by atoms with Crippen LogP contribution in [0.1, 0.15) is 26.3 Å². The minimum Gasteiger partial charge on any atom is -0.379 e. The molecule has 1 heterocycles. The standard InChI is InChI=1S/C22H27N3O3S/c1-29-16-17-2-4-19(5-3-17)22(27)24-20-8-6-18(7-9-20)21(26)23-10-11-25-12-14-28-15-13-25/h2-9H,10-16H2,1H3,(H,23,26)(H,24,27). The number of carbonyl (C=O) groups is 2. The molecule has 2 N–H and O–H groups in total. The van der Waals surface area contributed by atoms with Crippen LogP contribution in [0, 0.1) is 0 Å². The lowest BCUT2D eigenvalue weighted by Gasteiger charge is -2.26. The lowest BCUT2D eigenvalue weighted by molar-refractivity contribution is 0.0383. The number of anilines is 1. The van der Waals surface area contributed by atoms with E-state index in [1.54, 1.807) is 36.0 Å². The summed E-state index contributed by atoms with van der Waals surface area (Å²) in [4.78, 5) is 26.9. The Balaban J connectivity index is 1.47. The van der Waals surface area contributed by atoms with Crippen molar-refractivity contribution in [3.05, 3.63) is 65.2 Å². The van der Waals surface area contributed by atoms with Crippen LogP contribution < -0.4 is 10.6 Å². The predicted octanol–water partition coefficient (Wildman–Crippen LogP) is 2.86. The van der Waals surface area contributed by atoms with Crippen molar-refractivity contribution < 1.29 is 14.3 Å². The number of nitrogens with one attached hydrogen (secondary N) is 2. The highest BCUT2D eigenvalue weighted by Gasteiger charge is 2.11. The summed E-state index contributed by atoms with van der Waals surface area (Å²) in [6, 6.07) is 14.5. The fourth-order valence-corrected chi connectivity index (χ4v) is 3.61. The number of benzene rings is 2. The lowest BCUT2D eigenvalue weighted by atomic mass is 10.1. The minimum absolute atomic E-state index is 0.111. The monoisotopic (exact) mass is 413 g/mol. The van der Waals surface area contributed by atoms with E-state index in [1.165, 1.54) is 5.56 Å². The first-order valence-corrected chi connectivity index (χ1v) is 11.1. The molecule has 1 fully saturated rings. The first-order chi connectivity index (χ1) is 14.2. The molecule has 0 aliphatic carbocycles. The molecular weight excluding hydrogens is 386 g/mol. The van der Waals surface area contributed by atoms with Gasteiger partial charge in [0.25, 0.3) is 11.8 Å². The number of hydrogen-bond acceptors (Lipinski definition) is 5. The van der Waals surface area contributed by atoms with Gasteiger partial charge in [0.05, 0.1) is 13.2 Å². The number of rotatable bonds is 8. The molecule has 1 saturated heterocycles. The Bertz CT molecular complexity index is 803. The summed E-state index contributed by atoms with van der Waals surface area (Å²) >= 11 is 1.75. The van der Waals surface area contributed by atoms with Crippen molar-refractivity contribution in [3.8, 4) is 0 Å². The fraction of sp³-hybridized carbons (Fsp3) is 0.364. The van der Waals surface area contributed by atoms with Crippen LogP contribution in [0.2, 0.25) is 0 Å². The zero-order chi connectivity index (χ0) is 20.5. The second kappa shape index (κ2) is 11.0. The van der Waals surface area contributed by atoms with E-state index in [-0.39, 0.29) is 11.8 Å². The van der Waals surface area contributed by atoms with Crippen molar-refractivity contribution in [1.82, 2.24) is 10.2 Å². The van der Waals surface area contributed by atoms with Gasteiger partial charge in [-0.05, 0) is 48.2 Å². The maximum atomic E-state index is 12.4. The molecule has 2 aromatic rings. The number of thioether (sulfide) groups is 1. The van der Waals surface area contributed by atoms with Gasteiger partial charge in [0.15, 0.2) is 0 Å². The lowest BCUT2D eigenvalue weighted by Crippen LogP contribution is -2.41. The Morgan fingerprint density at radius 3 is 2.24 bits per heavy atom. The molecule has 0 atom stereocenters. The third kappa shape index (κ3) is 6.59. The molecule has 0 saturated carbocycles. The molecule has 6 nitrogen and oxygen atoms in total. The normalized spacial score (nSPS) is 14.4. The van der Waals surface area contributed by atoms with Crippen LogP contribution in [-0.2, 0) is 10.5 Å². The number of morpholine rings is 1. The minimum atomic E-state index is -0.164. The number of nitrogens with zero attached hydrogens (tertiary/aromatic N) is 1. The van der Waals surface area contributed by atoms with Crippen LogP contribution in [0.4, 0.5) is 5.69 Å². The van der Waals surface area contributed by atoms with Crippen LogP contribution >= 0.6 is 11.8 Å². The molecule has 3 rings (SSSR count). The van der Waals surface area contributed by atoms with Gasteiger partial charge in [-0.1, -0.05) is 12.1 Å². The smallest absolute Gasteiger partial charge is 0.255 e. The van der Waals surface area contributed by atoms with Gasteiger partial charge in [0.1, 0.15) is 0 Å². The molecule has 0 unspecified atom stereocenters. The summed E-state index contributed by atoms with van der Waals surface area (Å²) < 4.78 is 5.32. The van der Waals surface area contributed by atoms with Crippen LogP contribution in [0.3, 0.4) is 0 Å². The third-order valence-corrected chi connectivity index (χ3v) is 5.37. The van der Waals surface area contributed by atoms with Gasteiger partial charge in [-0.2, -0.15) is 11.8 Å². The van der Waals surface area contributed by atoms with Crippen molar-refractivity contribution >= 4 is 29.3 Å². The number of carbonyl (C=O) groups excluding carboxylic acids is 2. The highest BCUT2D eigenvalue weighted by Crippen LogP contribution is 2.14. The van der Waals surface area contributed by atoms with Crippen molar-refractivity contribution in [3.63, 3.8) is 0 Å². The predicted molar refractivity (Wildman–Crippen MR) is 118 cm³/mol. The number of amides is 2. The van der Waals surface area contributed by atoms with Crippen molar-refractivity contribution in [1.29, 1.82) is 0 Å². The van der Waals surface area contributed by atoms with Crippen LogP contribution in [0.15, 0.2) is 48.5 Å². The van der Waals surface area contributed by atoms with Crippen LogP contribution in [0.5, 0.6) is 0 Å². The quantitative estimate of drug-likeness (QED) is 0.696. The van der Waals surface area contributed by atoms with Crippen LogP contribution in [0.25, 0.3) is 0 Å². The number of ether oxygens (including phenoxy) is 1. The Morgan fingerprint density at radius 1 is 0.966 bits per heavy atom. The van der Waals surface area contributed by atoms with Crippen molar-refractivity contribution in [2.45, 2.75) is 5.75 Å². The first kappa shape index (κ1) is 21.4. The largest absolute Gasteiger partial charge is 0.379 e. The second-order valence-corrected chi connectivity index (χ2v) is 7.74. The van der Waals surface area contributed by atoms with Crippen LogP contribution in [-0.4, -0.2) is 62.4 Å². The second-order valence-electron chi connectivity index (χ2n) is 6.87. The van der Waals surface area contributed by atoms with Gasteiger partial charge in [-0.25, -0.2) is 0 Å². The third-order valence-electron chi connectivity index (χ3n) is 4.75. The first-order valence-electron chi connectivity index (χ1n) is 9.73. The summed E-state index contributed by atoms with van der Waals surface area (Å²) in [5.74, 6) is 0.654. The Labute approximate surface area is 176 Å². The molecule has 29 heavy (non-hydrogen) atoms. The summed E-state index contributed by atoms with van der Waals surface area (Å²) in [6.07, 6.45) is 2.05. The average molecular weight is 414 g/mol. The Kier molecular flexibility index (Phi) is 8.10. The average Bonchev–Trinajstić information content (AvgIpc) is 2.75. The number of hydrogen-bond donors (Lipinski definition) is 2. The molecule has 7 heteroatoms. The molecule has 0 radical (unpaired) electrons. The van der Waals surface area contributed by atoms with Gasteiger partial charge in [-0.15, -0.1) is 0 Å². The van der Waals surface area contributed by atoms with E-state index in [1.807, 2.05) is 24.3 Å². The fourth-order valence-electron chi connectivity index (χ4n) is 3.08. The van der Waals surface area contributed by atoms with Gasteiger partial charge in [0, 0.05) is 48.7 Å². The van der Waals surface area contributed by atoms with E-state index >= 15 is 0 Å². The van der Waals surface area contributed by atoms with E-state index in [0.29, 0.717) is 23.4 Å². The summed E-state index contributed by atoms with van der Waals surface area (Å²) in [7, 11) is 0. The van der Waals surface area contributed by atoms with Gasteiger partial charge >= 0.3 is 0 Å². The molecule has 2 aromatic carbocycles. The van der Waals surface area contributed by atoms with Crippen molar-refractivity contribution in [2.24, 2.45) is 0 Å².